The first-order valence-corrected chi connectivity index (χ1v) is 6.41. The van der Waals surface area contributed by atoms with Gasteiger partial charge in [-0.05, 0) is 52.2 Å². The molecule has 19 heavy (non-hydrogen) atoms. The molecule has 0 bridgehead atoms. The summed E-state index contributed by atoms with van der Waals surface area (Å²) in [6.07, 6.45) is 1.66. The maximum Gasteiger partial charge on any atom is 0.141 e. The number of pyridine rings is 1. The fourth-order valence-electron chi connectivity index (χ4n) is 1.74. The van der Waals surface area contributed by atoms with Gasteiger partial charge >= 0.3 is 0 Å². The van der Waals surface area contributed by atoms with Crippen LogP contribution in [0.1, 0.15) is 17.3 Å². The monoisotopic (exact) mass is 327 g/mol. The van der Waals surface area contributed by atoms with Crippen LogP contribution in [0.15, 0.2) is 41.0 Å². The number of benzene rings is 1. The number of nitrogens with one attached hydrogen (secondary N) is 1. The van der Waals surface area contributed by atoms with Crippen molar-refractivity contribution in [1.82, 2.24) is 10.4 Å². The minimum absolute atomic E-state index is 0.266. The first kappa shape index (κ1) is 14.0. The zero-order chi connectivity index (χ0) is 13.8. The van der Waals surface area contributed by atoms with Crippen molar-refractivity contribution in [2.75, 3.05) is 0 Å². The van der Waals surface area contributed by atoms with Crippen molar-refractivity contribution < 1.29 is 8.78 Å². The average molecular weight is 328 g/mol. The lowest BCUT2D eigenvalue weighted by Gasteiger charge is -2.15. The molecule has 0 aliphatic carbocycles. The molecule has 0 saturated carbocycles. The Morgan fingerprint density at radius 1 is 1.26 bits per heavy atom. The molecular weight excluding hydrogens is 316 g/mol. The summed E-state index contributed by atoms with van der Waals surface area (Å²) >= 11 is 3.13. The van der Waals surface area contributed by atoms with Crippen molar-refractivity contribution >= 4 is 15.9 Å². The van der Waals surface area contributed by atoms with Gasteiger partial charge in [0.25, 0.3) is 0 Å². The number of rotatable bonds is 4. The molecule has 2 rings (SSSR count). The molecule has 1 aromatic heterocycles. The molecule has 1 unspecified atom stereocenters. The van der Waals surface area contributed by atoms with Crippen molar-refractivity contribution in [3.8, 4) is 0 Å². The minimum Gasteiger partial charge on any atom is -0.271 e. The molecule has 100 valence electrons. The summed E-state index contributed by atoms with van der Waals surface area (Å²) in [4.78, 5) is 3.98. The predicted octanol–water partition coefficient (Wildman–Crippen LogP) is 2.87. The Hall–Kier alpha value is -1.37. The van der Waals surface area contributed by atoms with E-state index in [0.717, 1.165) is 11.8 Å². The second-order valence-electron chi connectivity index (χ2n) is 4.07. The summed E-state index contributed by atoms with van der Waals surface area (Å²) in [5.74, 6) is 4.77. The van der Waals surface area contributed by atoms with Gasteiger partial charge in [0.05, 0.1) is 22.4 Å². The van der Waals surface area contributed by atoms with E-state index in [1.54, 1.807) is 18.2 Å². The molecule has 0 saturated heterocycles. The molecule has 1 atom stereocenters. The smallest absolute Gasteiger partial charge is 0.141 e. The molecule has 0 fully saturated rings. The summed E-state index contributed by atoms with van der Waals surface area (Å²) in [7, 11) is 0. The Kier molecular flexibility index (Phi) is 4.57. The standard InChI is InChI=1S/C13H12BrF2N3/c14-10-5-8(1-3-11(10)16)6-13(19-17)12-4-2-9(15)7-18-12/h1-5,7,13,19H,6,17H2. The first-order chi connectivity index (χ1) is 9.10. The number of halogens is 3. The van der Waals surface area contributed by atoms with Crippen LogP contribution in [0, 0.1) is 11.6 Å². The van der Waals surface area contributed by atoms with Gasteiger partial charge in [-0.2, -0.15) is 0 Å². The number of aromatic nitrogens is 1. The Morgan fingerprint density at radius 3 is 2.63 bits per heavy atom. The van der Waals surface area contributed by atoms with E-state index in [-0.39, 0.29) is 11.9 Å². The SMILES string of the molecule is NNC(Cc1ccc(F)c(Br)c1)c1ccc(F)cn1. The van der Waals surface area contributed by atoms with Crippen LogP contribution in [0.2, 0.25) is 0 Å². The van der Waals surface area contributed by atoms with Gasteiger partial charge in [-0.1, -0.05) is 6.07 Å². The number of nitrogens with two attached hydrogens (primary N) is 1. The lowest BCUT2D eigenvalue weighted by molar-refractivity contribution is 0.532. The van der Waals surface area contributed by atoms with E-state index < -0.39 is 5.82 Å². The van der Waals surface area contributed by atoms with Gasteiger partial charge in [-0.25, -0.2) is 8.78 Å². The zero-order valence-corrected chi connectivity index (χ0v) is 11.5. The van der Waals surface area contributed by atoms with Gasteiger partial charge in [-0.3, -0.25) is 16.3 Å². The van der Waals surface area contributed by atoms with Crippen molar-refractivity contribution in [2.24, 2.45) is 5.84 Å². The van der Waals surface area contributed by atoms with Crippen molar-refractivity contribution in [3.63, 3.8) is 0 Å². The second kappa shape index (κ2) is 6.18. The summed E-state index contributed by atoms with van der Waals surface area (Å²) < 4.78 is 26.4. The molecule has 0 spiro atoms. The first-order valence-electron chi connectivity index (χ1n) is 5.61. The highest BCUT2D eigenvalue weighted by Crippen LogP contribution is 2.21. The minimum atomic E-state index is -0.399. The molecule has 2 aromatic rings. The molecule has 6 heteroatoms. The molecule has 3 N–H and O–H groups in total. The highest BCUT2D eigenvalue weighted by Gasteiger charge is 2.13. The summed E-state index contributed by atoms with van der Waals surface area (Å²) in [6.45, 7) is 0. The Labute approximate surface area is 117 Å². The van der Waals surface area contributed by atoms with Crippen LogP contribution < -0.4 is 11.3 Å². The maximum absolute atomic E-state index is 13.1. The van der Waals surface area contributed by atoms with Gasteiger partial charge in [0, 0.05) is 0 Å². The van der Waals surface area contributed by atoms with Crippen molar-refractivity contribution in [1.29, 1.82) is 0 Å². The third kappa shape index (κ3) is 3.56. The largest absolute Gasteiger partial charge is 0.271 e. The Morgan fingerprint density at radius 2 is 2.05 bits per heavy atom. The molecule has 0 radical (unpaired) electrons. The topological polar surface area (TPSA) is 50.9 Å². The molecule has 1 heterocycles. The summed E-state index contributed by atoms with van der Waals surface area (Å²) in [6, 6.07) is 7.37. The molecule has 3 nitrogen and oxygen atoms in total. The van der Waals surface area contributed by atoms with E-state index in [2.05, 4.69) is 26.3 Å². The number of hydrogen-bond donors (Lipinski definition) is 2. The molecular formula is C13H12BrF2N3. The van der Waals surface area contributed by atoms with Gasteiger partial charge in [0.2, 0.25) is 0 Å². The van der Waals surface area contributed by atoms with Crippen LogP contribution >= 0.6 is 15.9 Å². The normalized spacial score (nSPS) is 12.4. The zero-order valence-electron chi connectivity index (χ0n) is 9.91. The summed E-state index contributed by atoms with van der Waals surface area (Å²) in [5, 5.41) is 0. The highest BCUT2D eigenvalue weighted by atomic mass is 79.9. The lowest BCUT2D eigenvalue weighted by Crippen LogP contribution is -2.30. The third-order valence-corrected chi connectivity index (χ3v) is 3.34. The molecule has 0 aliphatic rings. The average Bonchev–Trinajstić information content (AvgIpc) is 2.41. The number of nitrogens with zero attached hydrogens (tertiary/aromatic N) is 1. The Balaban J connectivity index is 2.18. The molecule has 0 amide bonds. The molecule has 1 aromatic carbocycles. The van der Waals surface area contributed by atoms with E-state index in [1.165, 1.54) is 12.1 Å². The second-order valence-corrected chi connectivity index (χ2v) is 4.93. The predicted molar refractivity (Wildman–Crippen MR) is 72.1 cm³/mol. The van der Waals surface area contributed by atoms with E-state index in [0.29, 0.717) is 16.6 Å². The van der Waals surface area contributed by atoms with E-state index in [1.807, 2.05) is 0 Å². The van der Waals surface area contributed by atoms with Crippen LogP contribution in [0.25, 0.3) is 0 Å². The highest BCUT2D eigenvalue weighted by molar-refractivity contribution is 9.10. The van der Waals surface area contributed by atoms with E-state index >= 15 is 0 Å². The van der Waals surface area contributed by atoms with Crippen LogP contribution in [0.4, 0.5) is 8.78 Å². The van der Waals surface area contributed by atoms with Crippen LogP contribution in [-0.2, 0) is 6.42 Å². The van der Waals surface area contributed by atoms with E-state index in [9.17, 15) is 8.78 Å². The summed E-state index contributed by atoms with van der Waals surface area (Å²) in [5.41, 5.74) is 4.15. The fraction of sp³-hybridized carbons (Fsp3) is 0.154. The fourth-order valence-corrected chi connectivity index (χ4v) is 2.17. The van der Waals surface area contributed by atoms with Crippen molar-refractivity contribution in [3.05, 3.63) is 63.9 Å². The van der Waals surface area contributed by atoms with Crippen LogP contribution in [-0.4, -0.2) is 4.98 Å². The van der Waals surface area contributed by atoms with Crippen molar-refractivity contribution in [2.45, 2.75) is 12.5 Å². The number of hydrogen-bond acceptors (Lipinski definition) is 3. The quantitative estimate of drug-likeness (QED) is 0.670. The number of hydrazine groups is 1. The van der Waals surface area contributed by atoms with E-state index in [4.69, 9.17) is 5.84 Å². The van der Waals surface area contributed by atoms with Gasteiger partial charge in [0.1, 0.15) is 11.6 Å². The molecule has 0 aliphatic heterocycles. The third-order valence-electron chi connectivity index (χ3n) is 2.73. The van der Waals surface area contributed by atoms with Gasteiger partial charge in [-0.15, -0.1) is 0 Å². The lowest BCUT2D eigenvalue weighted by atomic mass is 10.0. The van der Waals surface area contributed by atoms with Gasteiger partial charge in [0.15, 0.2) is 0 Å². The van der Waals surface area contributed by atoms with Crippen LogP contribution in [0.3, 0.4) is 0 Å². The van der Waals surface area contributed by atoms with Gasteiger partial charge < -0.3 is 0 Å². The maximum atomic E-state index is 13.1. The van der Waals surface area contributed by atoms with Crippen LogP contribution in [0.5, 0.6) is 0 Å². The Bertz CT molecular complexity index is 560.